The molecule has 0 radical (unpaired) electrons. The van der Waals surface area contributed by atoms with Crippen LogP contribution in [0.2, 0.25) is 0 Å². The fourth-order valence-corrected chi connectivity index (χ4v) is 10.4. The van der Waals surface area contributed by atoms with E-state index in [2.05, 4.69) is 24.1 Å². The third-order valence-electron chi connectivity index (χ3n) is 11.1. The number of carbonyl (C=O) groups excluding carboxylic acids is 4. The van der Waals surface area contributed by atoms with Gasteiger partial charge < -0.3 is 19.7 Å². The highest BCUT2D eigenvalue weighted by molar-refractivity contribution is 7.09. The molecule has 1 aromatic heterocycles. The molecule has 1 unspecified atom stereocenters. The second-order valence-electron chi connectivity index (χ2n) is 12.8. The monoisotopic (exact) mass is 541 g/mol. The first-order chi connectivity index (χ1) is 18.1. The van der Waals surface area contributed by atoms with Crippen LogP contribution >= 0.6 is 11.3 Å². The molecule has 204 valence electrons. The molecular weight excluding hydrogens is 506 g/mol. The Labute approximate surface area is 226 Å². The number of nitrogens with zero attached hydrogens (tertiary/aromatic N) is 2. The zero-order valence-electron chi connectivity index (χ0n) is 22.4. The van der Waals surface area contributed by atoms with Crippen molar-refractivity contribution < 1.29 is 28.7 Å². The van der Waals surface area contributed by atoms with E-state index in [1.807, 2.05) is 7.05 Å². The van der Waals surface area contributed by atoms with Gasteiger partial charge in [0.1, 0.15) is 10.7 Å². The summed E-state index contributed by atoms with van der Waals surface area (Å²) in [6.07, 6.45) is 2.59. The number of amides is 2. The number of aromatic nitrogens is 1. The number of ether oxygens (including phenoxy) is 2. The minimum Gasteiger partial charge on any atom is -0.469 e. The Hall–Kier alpha value is -2.49. The Morgan fingerprint density at radius 2 is 1.76 bits per heavy atom. The maximum Gasteiger partial charge on any atom is 0.312 e. The van der Waals surface area contributed by atoms with Crippen LogP contribution in [-0.4, -0.2) is 59.4 Å². The number of methoxy groups -OCH3 is 1. The molecule has 9 nitrogen and oxygen atoms in total. The van der Waals surface area contributed by atoms with Crippen molar-refractivity contribution >= 4 is 35.1 Å². The van der Waals surface area contributed by atoms with Crippen LogP contribution in [0.3, 0.4) is 0 Å². The summed E-state index contributed by atoms with van der Waals surface area (Å²) in [6.45, 7) is 5.49. The van der Waals surface area contributed by atoms with Gasteiger partial charge in [0.05, 0.1) is 18.1 Å². The highest BCUT2D eigenvalue weighted by Crippen LogP contribution is 3.07. The van der Waals surface area contributed by atoms with Gasteiger partial charge in [-0.15, -0.1) is 11.3 Å². The van der Waals surface area contributed by atoms with E-state index in [4.69, 9.17) is 9.47 Å². The van der Waals surface area contributed by atoms with Gasteiger partial charge in [-0.3, -0.25) is 19.2 Å². The summed E-state index contributed by atoms with van der Waals surface area (Å²) in [6, 6.07) is -0.125. The zero-order valence-corrected chi connectivity index (χ0v) is 23.2. The van der Waals surface area contributed by atoms with E-state index < -0.39 is 12.1 Å². The topological polar surface area (TPSA) is 115 Å². The zero-order chi connectivity index (χ0) is 26.9. The van der Waals surface area contributed by atoms with E-state index in [9.17, 15) is 19.2 Å². The summed E-state index contributed by atoms with van der Waals surface area (Å²) >= 11 is 1.31. The first kappa shape index (κ1) is 24.5. The maximum atomic E-state index is 13.3. The minimum absolute atomic E-state index is 0.0545. The first-order valence-corrected chi connectivity index (χ1v) is 14.8. The number of hydrogen-bond donors (Lipinski definition) is 1. The Balaban J connectivity index is 1.03. The molecule has 0 spiro atoms. The highest BCUT2D eigenvalue weighted by atomic mass is 32.1. The van der Waals surface area contributed by atoms with E-state index >= 15 is 0 Å². The van der Waals surface area contributed by atoms with Crippen LogP contribution < -0.4 is 5.32 Å². The minimum atomic E-state index is -0.633. The second kappa shape index (κ2) is 7.79. The van der Waals surface area contributed by atoms with Gasteiger partial charge in [-0.05, 0) is 60.2 Å². The molecule has 0 bridgehead atoms. The number of rotatable bonds is 11. The number of hydrogen-bond acceptors (Lipinski definition) is 8. The highest BCUT2D eigenvalue weighted by Gasteiger charge is 3.12. The predicted molar refractivity (Wildman–Crippen MR) is 136 cm³/mol. The van der Waals surface area contributed by atoms with Crippen molar-refractivity contribution in [3.05, 3.63) is 16.1 Å². The molecule has 7 aliphatic carbocycles. The molecule has 1 heterocycles. The Kier molecular flexibility index (Phi) is 5.03. The van der Waals surface area contributed by atoms with Crippen LogP contribution in [0.25, 0.3) is 0 Å². The summed E-state index contributed by atoms with van der Waals surface area (Å²) < 4.78 is 10.8. The standard InChI is InChI=1S/C28H35N3O6S/c1-11(2)15(31(4)17(33)8-13-6-7-13)9-16(37-12(3)32)25-29-14(10-38-25)24(34)30-28-21-18-22(28)20-23(28)19(21)27(18,20)26(35)36-5/h10-11,13,15-16,18-23H,6-9H2,1-5H3,(H,30,34)/t15?,16-,18?,19?,20?,21?,22?,23?,27?,28?/m1/s1. The number of thiazole rings is 1. The molecule has 0 saturated heterocycles. The van der Waals surface area contributed by atoms with Gasteiger partial charge in [0.2, 0.25) is 5.91 Å². The van der Waals surface area contributed by atoms with E-state index in [1.165, 1.54) is 25.4 Å². The molecule has 0 aromatic carbocycles. The average Bonchev–Trinajstić information content (AvgIpc) is 3.56. The van der Waals surface area contributed by atoms with Crippen LogP contribution in [0.1, 0.15) is 68.1 Å². The maximum absolute atomic E-state index is 13.3. The van der Waals surface area contributed by atoms with Gasteiger partial charge in [0.15, 0.2) is 6.10 Å². The van der Waals surface area contributed by atoms with Gasteiger partial charge in [-0.25, -0.2) is 4.98 Å². The van der Waals surface area contributed by atoms with E-state index in [0.717, 1.165) is 12.8 Å². The van der Waals surface area contributed by atoms with Gasteiger partial charge in [-0.1, -0.05) is 13.8 Å². The summed E-state index contributed by atoms with van der Waals surface area (Å²) in [4.78, 5) is 56.9. The lowest BCUT2D eigenvalue weighted by Crippen LogP contribution is -3.16. The van der Waals surface area contributed by atoms with Crippen LogP contribution in [0.5, 0.6) is 0 Å². The molecule has 2 amide bonds. The normalized spacial score (nSPS) is 39.2. The van der Waals surface area contributed by atoms with Crippen molar-refractivity contribution in [1.82, 2.24) is 15.2 Å². The predicted octanol–water partition coefficient (Wildman–Crippen LogP) is 2.81. The van der Waals surface area contributed by atoms with Crippen molar-refractivity contribution in [2.24, 2.45) is 52.8 Å². The van der Waals surface area contributed by atoms with Gasteiger partial charge in [-0.2, -0.15) is 0 Å². The Morgan fingerprint density at radius 1 is 1.13 bits per heavy atom. The quantitative estimate of drug-likeness (QED) is 0.429. The van der Waals surface area contributed by atoms with Crippen molar-refractivity contribution in [3.63, 3.8) is 0 Å². The van der Waals surface area contributed by atoms with Crippen molar-refractivity contribution in [2.75, 3.05) is 14.2 Å². The van der Waals surface area contributed by atoms with Crippen LogP contribution in [-0.2, 0) is 23.9 Å². The fraction of sp³-hybridized carbons (Fsp3) is 0.750. The Bertz CT molecular complexity index is 1200. The van der Waals surface area contributed by atoms with E-state index in [1.54, 1.807) is 10.3 Å². The summed E-state index contributed by atoms with van der Waals surface area (Å²) in [7, 11) is 3.30. The molecule has 7 saturated carbocycles. The van der Waals surface area contributed by atoms with E-state index in [0.29, 0.717) is 65.0 Å². The van der Waals surface area contributed by atoms with Gasteiger partial charge in [0.25, 0.3) is 5.91 Å². The van der Waals surface area contributed by atoms with Crippen molar-refractivity contribution in [3.8, 4) is 0 Å². The largest absolute Gasteiger partial charge is 0.469 e. The third kappa shape index (κ3) is 2.70. The summed E-state index contributed by atoms with van der Waals surface area (Å²) in [5.74, 6) is 2.42. The van der Waals surface area contributed by atoms with Crippen LogP contribution in [0, 0.1) is 52.8 Å². The van der Waals surface area contributed by atoms with Crippen LogP contribution in [0.4, 0.5) is 0 Å². The lowest BCUT2D eigenvalue weighted by Gasteiger charge is -3.09. The third-order valence-corrected chi connectivity index (χ3v) is 12.1. The molecule has 38 heavy (non-hydrogen) atoms. The van der Waals surface area contributed by atoms with E-state index in [-0.39, 0.29) is 40.7 Å². The molecule has 7 fully saturated rings. The summed E-state index contributed by atoms with van der Waals surface area (Å²) in [5.41, 5.74) is -0.0519. The molecule has 8 rings (SSSR count). The van der Waals surface area contributed by atoms with Gasteiger partial charge in [0, 0.05) is 38.2 Å². The number of esters is 2. The lowest BCUT2D eigenvalue weighted by atomic mass is 8.94. The Morgan fingerprint density at radius 3 is 2.29 bits per heavy atom. The number of carbonyl (C=O) groups is 4. The van der Waals surface area contributed by atoms with Crippen molar-refractivity contribution in [2.45, 2.75) is 64.1 Å². The summed E-state index contributed by atoms with van der Waals surface area (Å²) in [5, 5.41) is 5.59. The second-order valence-corrected chi connectivity index (χ2v) is 13.7. The fourth-order valence-electron chi connectivity index (χ4n) is 9.56. The van der Waals surface area contributed by atoms with Crippen molar-refractivity contribution in [1.29, 1.82) is 0 Å². The molecular formula is C28H35N3O6S. The molecule has 7 aliphatic rings. The first-order valence-electron chi connectivity index (χ1n) is 13.9. The number of nitrogens with one attached hydrogen (secondary N) is 1. The molecule has 1 N–H and O–H groups in total. The smallest absolute Gasteiger partial charge is 0.312 e. The van der Waals surface area contributed by atoms with Crippen LogP contribution in [0.15, 0.2) is 5.38 Å². The molecule has 1 aromatic rings. The molecule has 0 aliphatic heterocycles. The average molecular weight is 542 g/mol. The SMILES string of the molecule is COC(=O)C12C3C4C1C1C2C3C41NC(=O)c1csc([C@@H](CC(C(C)C)N(C)C(=O)CC2CC2)OC(C)=O)n1. The molecule has 2 atom stereocenters. The lowest BCUT2D eigenvalue weighted by molar-refractivity contribution is -0.609. The van der Waals surface area contributed by atoms with Gasteiger partial charge >= 0.3 is 11.9 Å². The molecule has 10 heteroatoms.